The van der Waals surface area contributed by atoms with Crippen LogP contribution in [-0.2, 0) is 9.53 Å². The summed E-state index contributed by atoms with van der Waals surface area (Å²) in [6, 6.07) is -1.22. The van der Waals surface area contributed by atoms with Crippen molar-refractivity contribution in [3.05, 3.63) is 0 Å². The third-order valence-electron chi connectivity index (χ3n) is 3.22. The van der Waals surface area contributed by atoms with Crippen molar-refractivity contribution in [2.75, 3.05) is 39.4 Å². The molecule has 0 aromatic heterocycles. The normalized spacial score (nSPS) is 17.4. The lowest BCUT2D eigenvalue weighted by atomic mass is 10.2. The minimum atomic E-state index is -0.990. The highest BCUT2D eigenvalue weighted by molar-refractivity contribution is 5.82. The number of nitrogens with zero attached hydrogens (tertiary/aromatic N) is 1. The SMILES string of the molecule is CCC[C@@H](NC(=O)NCCCN1CCOCC1)C(=O)O. The van der Waals surface area contributed by atoms with Crippen LogP contribution in [0.3, 0.4) is 0 Å². The minimum absolute atomic E-state index is 0.409. The number of carbonyl (C=O) groups excluding carboxylic acids is 1. The molecular formula is C13H25N3O4. The van der Waals surface area contributed by atoms with Crippen molar-refractivity contribution in [2.45, 2.75) is 32.2 Å². The molecule has 0 aliphatic carbocycles. The first-order valence-corrected chi connectivity index (χ1v) is 7.20. The van der Waals surface area contributed by atoms with Crippen LogP contribution in [-0.4, -0.2) is 67.4 Å². The van der Waals surface area contributed by atoms with Gasteiger partial charge in [-0.3, -0.25) is 4.90 Å². The fourth-order valence-electron chi connectivity index (χ4n) is 2.08. The first kappa shape index (κ1) is 16.7. The van der Waals surface area contributed by atoms with Gasteiger partial charge in [-0.2, -0.15) is 0 Å². The van der Waals surface area contributed by atoms with E-state index in [2.05, 4.69) is 15.5 Å². The number of carboxylic acid groups (broad SMARTS) is 1. The van der Waals surface area contributed by atoms with Crippen LogP contribution in [0.4, 0.5) is 4.79 Å². The Hall–Kier alpha value is -1.34. The molecular weight excluding hydrogens is 262 g/mol. The molecule has 1 aliphatic rings. The average Bonchev–Trinajstić information content (AvgIpc) is 2.44. The van der Waals surface area contributed by atoms with E-state index in [1.54, 1.807) is 0 Å². The molecule has 3 N–H and O–H groups in total. The summed E-state index contributed by atoms with van der Waals surface area (Å²) in [6.45, 7) is 6.75. The highest BCUT2D eigenvalue weighted by atomic mass is 16.5. The number of hydrogen-bond donors (Lipinski definition) is 3. The summed E-state index contributed by atoms with van der Waals surface area (Å²) in [5.74, 6) is -0.990. The summed E-state index contributed by atoms with van der Waals surface area (Å²) in [6.07, 6.45) is 2.00. The number of ether oxygens (including phenoxy) is 1. The predicted molar refractivity (Wildman–Crippen MR) is 74.7 cm³/mol. The fraction of sp³-hybridized carbons (Fsp3) is 0.846. The zero-order valence-corrected chi connectivity index (χ0v) is 12.1. The van der Waals surface area contributed by atoms with Gasteiger partial charge < -0.3 is 20.5 Å². The van der Waals surface area contributed by atoms with Crippen LogP contribution in [0.15, 0.2) is 0 Å². The molecule has 1 aliphatic heterocycles. The number of amides is 2. The van der Waals surface area contributed by atoms with Crippen molar-refractivity contribution in [3.63, 3.8) is 0 Å². The van der Waals surface area contributed by atoms with Gasteiger partial charge in [0, 0.05) is 19.6 Å². The topological polar surface area (TPSA) is 90.9 Å². The molecule has 0 aromatic rings. The van der Waals surface area contributed by atoms with Crippen LogP contribution in [0.2, 0.25) is 0 Å². The predicted octanol–water partition coefficient (Wildman–Crippen LogP) is 0.261. The first-order chi connectivity index (χ1) is 9.63. The van der Waals surface area contributed by atoms with E-state index in [0.717, 1.165) is 39.3 Å². The van der Waals surface area contributed by atoms with E-state index < -0.39 is 18.0 Å². The summed E-state index contributed by atoms with van der Waals surface area (Å²) in [4.78, 5) is 24.8. The van der Waals surface area contributed by atoms with E-state index in [1.807, 2.05) is 6.92 Å². The largest absolute Gasteiger partial charge is 0.480 e. The highest BCUT2D eigenvalue weighted by Crippen LogP contribution is 1.98. The number of urea groups is 1. The van der Waals surface area contributed by atoms with Crippen molar-refractivity contribution in [3.8, 4) is 0 Å². The zero-order valence-electron chi connectivity index (χ0n) is 12.1. The number of morpholine rings is 1. The summed E-state index contributed by atoms with van der Waals surface area (Å²) in [5, 5.41) is 14.1. The lowest BCUT2D eigenvalue weighted by Crippen LogP contribution is -2.46. The maximum Gasteiger partial charge on any atom is 0.326 e. The number of carboxylic acids is 1. The Bertz CT molecular complexity index is 306. The first-order valence-electron chi connectivity index (χ1n) is 7.20. The highest BCUT2D eigenvalue weighted by Gasteiger charge is 2.18. The van der Waals surface area contributed by atoms with E-state index in [1.165, 1.54) is 0 Å². The second-order valence-electron chi connectivity index (χ2n) is 4.89. The Morgan fingerprint density at radius 3 is 2.65 bits per heavy atom. The molecule has 0 aromatic carbocycles. The van der Waals surface area contributed by atoms with E-state index in [0.29, 0.717) is 19.4 Å². The molecule has 116 valence electrons. The van der Waals surface area contributed by atoms with Crippen LogP contribution in [0.25, 0.3) is 0 Å². The minimum Gasteiger partial charge on any atom is -0.480 e. The fourth-order valence-corrected chi connectivity index (χ4v) is 2.08. The quantitative estimate of drug-likeness (QED) is 0.557. The van der Waals surface area contributed by atoms with Crippen LogP contribution < -0.4 is 10.6 Å². The van der Waals surface area contributed by atoms with Gasteiger partial charge in [0.25, 0.3) is 0 Å². The van der Waals surface area contributed by atoms with Crippen molar-refractivity contribution in [1.82, 2.24) is 15.5 Å². The zero-order chi connectivity index (χ0) is 14.8. The second-order valence-corrected chi connectivity index (χ2v) is 4.89. The lowest BCUT2D eigenvalue weighted by Gasteiger charge is -2.26. The third kappa shape index (κ3) is 6.72. The standard InChI is InChI=1S/C13H25N3O4/c1-2-4-11(12(17)18)15-13(19)14-5-3-6-16-7-9-20-10-8-16/h11H,2-10H2,1H3,(H,17,18)(H2,14,15,19)/t11-/m1/s1. The molecule has 1 heterocycles. The summed E-state index contributed by atoms with van der Waals surface area (Å²) >= 11 is 0. The van der Waals surface area contributed by atoms with Crippen molar-refractivity contribution in [2.24, 2.45) is 0 Å². The third-order valence-corrected chi connectivity index (χ3v) is 3.22. The molecule has 0 bridgehead atoms. The molecule has 1 saturated heterocycles. The van der Waals surface area contributed by atoms with E-state index in [9.17, 15) is 9.59 Å². The van der Waals surface area contributed by atoms with Gasteiger partial charge in [-0.25, -0.2) is 9.59 Å². The number of carbonyl (C=O) groups is 2. The lowest BCUT2D eigenvalue weighted by molar-refractivity contribution is -0.139. The Labute approximate surface area is 119 Å². The van der Waals surface area contributed by atoms with Crippen molar-refractivity contribution >= 4 is 12.0 Å². The molecule has 0 saturated carbocycles. The Morgan fingerprint density at radius 2 is 2.05 bits per heavy atom. The van der Waals surface area contributed by atoms with Gasteiger partial charge in [-0.15, -0.1) is 0 Å². The van der Waals surface area contributed by atoms with Gasteiger partial charge in [0.1, 0.15) is 6.04 Å². The second kappa shape index (κ2) is 9.55. The maximum atomic E-state index is 11.6. The summed E-state index contributed by atoms with van der Waals surface area (Å²) in [5.41, 5.74) is 0. The van der Waals surface area contributed by atoms with Crippen LogP contribution in [0.5, 0.6) is 0 Å². The number of nitrogens with one attached hydrogen (secondary N) is 2. The van der Waals surface area contributed by atoms with Gasteiger partial charge in [-0.05, 0) is 19.4 Å². The Kier molecular flexibility index (Phi) is 7.98. The Balaban J connectivity index is 2.10. The van der Waals surface area contributed by atoms with Crippen LogP contribution in [0, 0.1) is 0 Å². The number of hydrogen-bond acceptors (Lipinski definition) is 4. The number of rotatable bonds is 8. The molecule has 1 fully saturated rings. The molecule has 0 unspecified atom stereocenters. The van der Waals surface area contributed by atoms with E-state index in [-0.39, 0.29) is 0 Å². The van der Waals surface area contributed by atoms with E-state index in [4.69, 9.17) is 9.84 Å². The molecule has 7 heteroatoms. The van der Waals surface area contributed by atoms with Gasteiger partial charge >= 0.3 is 12.0 Å². The van der Waals surface area contributed by atoms with Crippen LogP contribution >= 0.6 is 0 Å². The molecule has 0 spiro atoms. The molecule has 20 heavy (non-hydrogen) atoms. The molecule has 1 rings (SSSR count). The number of aliphatic carboxylic acids is 1. The van der Waals surface area contributed by atoms with Crippen LogP contribution in [0.1, 0.15) is 26.2 Å². The maximum absolute atomic E-state index is 11.6. The average molecular weight is 287 g/mol. The van der Waals surface area contributed by atoms with E-state index >= 15 is 0 Å². The van der Waals surface area contributed by atoms with Gasteiger partial charge in [-0.1, -0.05) is 13.3 Å². The summed E-state index contributed by atoms with van der Waals surface area (Å²) < 4.78 is 5.26. The van der Waals surface area contributed by atoms with Gasteiger partial charge in [0.2, 0.25) is 0 Å². The molecule has 7 nitrogen and oxygen atoms in total. The summed E-state index contributed by atoms with van der Waals surface area (Å²) in [7, 11) is 0. The molecule has 1 atom stereocenters. The Morgan fingerprint density at radius 1 is 1.35 bits per heavy atom. The molecule has 2 amide bonds. The monoisotopic (exact) mass is 287 g/mol. The smallest absolute Gasteiger partial charge is 0.326 e. The van der Waals surface area contributed by atoms with Gasteiger partial charge in [0.15, 0.2) is 0 Å². The molecule has 0 radical (unpaired) electrons. The van der Waals surface area contributed by atoms with Gasteiger partial charge in [0.05, 0.1) is 13.2 Å². The van der Waals surface area contributed by atoms with Crippen molar-refractivity contribution in [1.29, 1.82) is 0 Å². The van der Waals surface area contributed by atoms with Crippen molar-refractivity contribution < 1.29 is 19.4 Å².